The molecule has 0 fully saturated rings. The molecule has 0 amide bonds. The summed E-state index contributed by atoms with van der Waals surface area (Å²) in [7, 11) is 1.81. The molecule has 2 aromatic heterocycles. The zero-order chi connectivity index (χ0) is 15.0. The molecule has 1 aromatic carbocycles. The lowest BCUT2D eigenvalue weighted by Crippen LogP contribution is -2.12. The Balaban J connectivity index is 2.13. The molecule has 106 valence electrons. The summed E-state index contributed by atoms with van der Waals surface area (Å²) in [5.41, 5.74) is 8.10. The van der Waals surface area contributed by atoms with Gasteiger partial charge in [0.05, 0.1) is 16.8 Å². The second-order valence-electron chi connectivity index (χ2n) is 4.75. The third-order valence-electron chi connectivity index (χ3n) is 3.11. The number of fused-ring (bicyclic) bond motifs is 1. The number of hydrogen-bond donors (Lipinski definition) is 1. The van der Waals surface area contributed by atoms with Crippen molar-refractivity contribution in [1.29, 1.82) is 0 Å². The molecule has 3 rings (SSSR count). The van der Waals surface area contributed by atoms with Crippen LogP contribution in [0.1, 0.15) is 11.3 Å². The zero-order valence-corrected chi connectivity index (χ0v) is 12.5. The monoisotopic (exact) mass is 298 g/mol. The smallest absolute Gasteiger partial charge is 0.232 e. The maximum atomic E-state index is 5.85. The Morgan fingerprint density at radius 3 is 2.71 bits per heavy atom. The molecule has 0 saturated carbocycles. The molecule has 0 aliphatic rings. The van der Waals surface area contributed by atoms with Crippen LogP contribution in [0.4, 0.5) is 0 Å². The summed E-state index contributed by atoms with van der Waals surface area (Å²) in [4.78, 5) is 4.76. The maximum absolute atomic E-state index is 5.85. The Labute approximate surface area is 127 Å². The summed E-state index contributed by atoms with van der Waals surface area (Å²) < 4.78 is 7.50. The predicted molar refractivity (Wildman–Crippen MR) is 85.6 cm³/mol. The zero-order valence-electron chi connectivity index (χ0n) is 11.7. The molecule has 0 saturated heterocycles. The quantitative estimate of drug-likeness (QED) is 0.753. The minimum Gasteiger partial charge on any atom is -0.420 e. The molecule has 2 N–H and O–H groups in total. The topological polar surface area (TPSA) is 66.0 Å². The Morgan fingerprint density at radius 2 is 2.05 bits per heavy atom. The van der Waals surface area contributed by atoms with E-state index in [1.165, 1.54) is 0 Å². The highest BCUT2D eigenvalue weighted by atomic mass is 32.1. The number of ether oxygens (including phenoxy) is 1. The summed E-state index contributed by atoms with van der Waals surface area (Å²) in [5.74, 6) is 0.983. The van der Waals surface area contributed by atoms with E-state index in [2.05, 4.69) is 10.1 Å². The fourth-order valence-corrected chi connectivity index (χ4v) is 2.28. The van der Waals surface area contributed by atoms with E-state index in [1.54, 1.807) is 4.68 Å². The number of hydrogen-bond acceptors (Lipinski definition) is 4. The third kappa shape index (κ3) is 2.57. The number of nitrogens with two attached hydrogens (primary N) is 1. The Morgan fingerprint density at radius 1 is 1.29 bits per heavy atom. The van der Waals surface area contributed by atoms with Crippen LogP contribution in [0.2, 0.25) is 0 Å². The summed E-state index contributed by atoms with van der Waals surface area (Å²) in [6, 6.07) is 11.5. The van der Waals surface area contributed by atoms with Crippen molar-refractivity contribution < 1.29 is 4.74 Å². The third-order valence-corrected chi connectivity index (χ3v) is 3.33. The van der Waals surface area contributed by atoms with Crippen LogP contribution in [0.15, 0.2) is 36.4 Å². The number of aromatic nitrogens is 3. The Kier molecular flexibility index (Phi) is 3.31. The van der Waals surface area contributed by atoms with Gasteiger partial charge in [-0.1, -0.05) is 30.4 Å². The van der Waals surface area contributed by atoms with Crippen LogP contribution in [0, 0.1) is 6.92 Å². The van der Waals surface area contributed by atoms with E-state index in [1.807, 2.05) is 50.4 Å². The number of pyridine rings is 1. The van der Waals surface area contributed by atoms with E-state index in [4.69, 9.17) is 22.7 Å². The largest absolute Gasteiger partial charge is 0.420 e. The summed E-state index contributed by atoms with van der Waals surface area (Å²) in [5, 5.41) is 5.21. The fourth-order valence-electron chi connectivity index (χ4n) is 2.13. The molecule has 2 heterocycles. The first kappa shape index (κ1) is 13.5. The van der Waals surface area contributed by atoms with Gasteiger partial charge < -0.3 is 10.5 Å². The molecule has 0 bridgehead atoms. The number of benzene rings is 1. The Hall–Kier alpha value is -2.47. The second-order valence-corrected chi connectivity index (χ2v) is 5.19. The van der Waals surface area contributed by atoms with Gasteiger partial charge in [0.25, 0.3) is 0 Å². The van der Waals surface area contributed by atoms with E-state index >= 15 is 0 Å². The van der Waals surface area contributed by atoms with Crippen LogP contribution in [0.25, 0.3) is 10.9 Å². The van der Waals surface area contributed by atoms with E-state index < -0.39 is 0 Å². The molecule has 0 spiro atoms. The SMILES string of the molecule is Cc1cc(Oc2nc3ccccc3cc2C(N)=S)n(C)n1. The van der Waals surface area contributed by atoms with Gasteiger partial charge in [0, 0.05) is 18.5 Å². The maximum Gasteiger partial charge on any atom is 0.232 e. The van der Waals surface area contributed by atoms with Gasteiger partial charge in [-0.05, 0) is 19.1 Å². The highest BCUT2D eigenvalue weighted by Crippen LogP contribution is 2.27. The molecule has 0 aliphatic heterocycles. The van der Waals surface area contributed by atoms with Crippen LogP contribution in [-0.2, 0) is 7.05 Å². The van der Waals surface area contributed by atoms with Crippen molar-refractivity contribution in [3.8, 4) is 11.8 Å². The summed E-state index contributed by atoms with van der Waals surface area (Å²) >= 11 is 5.10. The van der Waals surface area contributed by atoms with Crippen molar-refractivity contribution in [2.75, 3.05) is 0 Å². The van der Waals surface area contributed by atoms with E-state index in [0.717, 1.165) is 16.6 Å². The molecule has 0 aliphatic carbocycles. The first-order valence-corrected chi connectivity index (χ1v) is 6.83. The lowest BCUT2D eigenvalue weighted by molar-refractivity contribution is 0.416. The molecule has 0 unspecified atom stereocenters. The molecular formula is C15H14N4OS. The first-order chi connectivity index (χ1) is 10.0. The lowest BCUT2D eigenvalue weighted by atomic mass is 10.1. The fraction of sp³-hybridized carbons (Fsp3) is 0.133. The van der Waals surface area contributed by atoms with Crippen LogP contribution in [0.5, 0.6) is 11.8 Å². The van der Waals surface area contributed by atoms with Crippen LogP contribution >= 0.6 is 12.2 Å². The molecule has 5 nitrogen and oxygen atoms in total. The van der Waals surface area contributed by atoms with Gasteiger partial charge in [0.2, 0.25) is 11.8 Å². The van der Waals surface area contributed by atoms with Gasteiger partial charge in [-0.25, -0.2) is 9.67 Å². The standard InChI is InChI=1S/C15H14N4OS/c1-9-7-13(19(2)18-9)20-15-11(14(16)21)8-10-5-3-4-6-12(10)17-15/h3-8H,1-2H3,(H2,16,21). The lowest BCUT2D eigenvalue weighted by Gasteiger charge is -2.10. The van der Waals surface area contributed by atoms with E-state index in [0.29, 0.717) is 17.3 Å². The normalized spacial score (nSPS) is 10.8. The minimum atomic E-state index is 0.252. The van der Waals surface area contributed by atoms with Crippen LogP contribution in [0.3, 0.4) is 0 Å². The predicted octanol–water partition coefficient (Wildman–Crippen LogP) is 2.70. The molecule has 0 atom stereocenters. The van der Waals surface area contributed by atoms with Crippen molar-refractivity contribution in [3.63, 3.8) is 0 Å². The van der Waals surface area contributed by atoms with E-state index in [-0.39, 0.29) is 4.99 Å². The highest BCUT2D eigenvalue weighted by molar-refractivity contribution is 7.80. The van der Waals surface area contributed by atoms with Crippen molar-refractivity contribution in [2.24, 2.45) is 12.8 Å². The van der Waals surface area contributed by atoms with Crippen LogP contribution < -0.4 is 10.5 Å². The summed E-state index contributed by atoms with van der Waals surface area (Å²) in [6.45, 7) is 1.90. The van der Waals surface area contributed by atoms with Gasteiger partial charge >= 0.3 is 0 Å². The highest BCUT2D eigenvalue weighted by Gasteiger charge is 2.13. The van der Waals surface area contributed by atoms with Crippen molar-refractivity contribution in [2.45, 2.75) is 6.92 Å². The van der Waals surface area contributed by atoms with E-state index in [9.17, 15) is 0 Å². The molecule has 21 heavy (non-hydrogen) atoms. The van der Waals surface area contributed by atoms with Crippen LogP contribution in [-0.4, -0.2) is 19.8 Å². The number of nitrogens with zero attached hydrogens (tertiary/aromatic N) is 3. The second kappa shape index (κ2) is 5.14. The number of thiocarbonyl (C=S) groups is 1. The van der Waals surface area contributed by atoms with Gasteiger partial charge in [-0.3, -0.25) is 0 Å². The first-order valence-electron chi connectivity index (χ1n) is 6.42. The number of rotatable bonds is 3. The molecule has 6 heteroatoms. The average molecular weight is 298 g/mol. The van der Waals surface area contributed by atoms with Gasteiger partial charge in [0.15, 0.2) is 0 Å². The van der Waals surface area contributed by atoms with Gasteiger partial charge in [0.1, 0.15) is 4.99 Å². The van der Waals surface area contributed by atoms with Crippen molar-refractivity contribution >= 4 is 28.1 Å². The number of aryl methyl sites for hydroxylation is 2. The molecular weight excluding hydrogens is 284 g/mol. The number of para-hydroxylation sites is 1. The van der Waals surface area contributed by atoms with Gasteiger partial charge in [-0.15, -0.1) is 0 Å². The summed E-state index contributed by atoms with van der Waals surface area (Å²) in [6.07, 6.45) is 0. The van der Waals surface area contributed by atoms with Crippen molar-refractivity contribution in [1.82, 2.24) is 14.8 Å². The van der Waals surface area contributed by atoms with Crippen molar-refractivity contribution in [3.05, 3.63) is 47.7 Å². The minimum absolute atomic E-state index is 0.252. The molecule has 0 radical (unpaired) electrons. The van der Waals surface area contributed by atoms with Gasteiger partial charge in [-0.2, -0.15) is 5.10 Å². The Bertz CT molecular complexity index is 841. The molecule has 3 aromatic rings. The average Bonchev–Trinajstić information content (AvgIpc) is 2.76.